The molecule has 0 aromatic heterocycles. The van der Waals surface area contributed by atoms with Gasteiger partial charge in [-0.25, -0.2) is 0 Å². The molecule has 0 aliphatic heterocycles. The van der Waals surface area contributed by atoms with Crippen LogP contribution in [-0.4, -0.2) is 11.7 Å². The van der Waals surface area contributed by atoms with Crippen molar-refractivity contribution in [3.8, 4) is 0 Å². The van der Waals surface area contributed by atoms with Gasteiger partial charge in [0.05, 0.1) is 0 Å². The maximum absolute atomic E-state index is 7.46. The molecule has 2 heteroatoms. The first-order valence-corrected chi connectivity index (χ1v) is 5.08. The largest absolute Gasteiger partial charge is 1.00 e. The zero-order chi connectivity index (χ0) is 12.5. The van der Waals surface area contributed by atoms with Crippen molar-refractivity contribution in [1.82, 2.24) is 0 Å². The smallest absolute Gasteiger partial charge is 0.428 e. The summed E-state index contributed by atoms with van der Waals surface area (Å²) in [5.41, 5.74) is 1.07. The van der Waals surface area contributed by atoms with Crippen LogP contribution in [0.4, 0.5) is 0 Å². The van der Waals surface area contributed by atoms with Crippen molar-refractivity contribution < 1.29 is 56.5 Å². The van der Waals surface area contributed by atoms with Gasteiger partial charge in [0, 0.05) is 0 Å². The van der Waals surface area contributed by atoms with Crippen LogP contribution in [0.2, 0.25) is 0 Å². The average Bonchev–Trinajstić information content (AvgIpc) is 2.24. The third-order valence-corrected chi connectivity index (χ3v) is 0.843. The van der Waals surface area contributed by atoms with Crippen molar-refractivity contribution in [1.29, 1.82) is 0 Å². The van der Waals surface area contributed by atoms with Crippen molar-refractivity contribution in [3.05, 3.63) is 63.6 Å². The van der Waals surface area contributed by atoms with Crippen LogP contribution in [0.5, 0.6) is 0 Å². The van der Waals surface area contributed by atoms with E-state index in [-0.39, 0.29) is 58.0 Å². The zero-order valence-corrected chi connectivity index (χ0v) is 14.2. The molecule has 90 valence electrons. The summed E-state index contributed by atoms with van der Waals surface area (Å²) in [6.07, 6.45) is 0.750. The minimum Gasteiger partial charge on any atom is -0.428 e. The maximum Gasteiger partial charge on any atom is 1.00 e. The second-order valence-corrected chi connectivity index (χ2v) is 2.06. The molecule has 0 amide bonds. The number of rotatable bonds is 0. The molecule has 1 rings (SSSR count). The van der Waals surface area contributed by atoms with Gasteiger partial charge in [-0.15, -0.1) is 12.1 Å². The summed E-state index contributed by atoms with van der Waals surface area (Å²) in [4.78, 5) is 0. The Morgan fingerprint density at radius 3 is 1.38 bits per heavy atom. The van der Waals surface area contributed by atoms with Gasteiger partial charge in [-0.1, -0.05) is 26.5 Å². The third kappa shape index (κ3) is 36.5. The molecule has 0 bridgehead atoms. The molecular weight excluding hydrogens is 223 g/mol. The first-order valence-electron chi connectivity index (χ1n) is 5.08. The monoisotopic (exact) mass is 247 g/mol. The summed E-state index contributed by atoms with van der Waals surface area (Å²) in [6.45, 7) is 17.5. The predicted octanol–water partition coefficient (Wildman–Crippen LogP) is 0.756. The van der Waals surface area contributed by atoms with Gasteiger partial charge in [0.15, 0.2) is 0 Å². The molecule has 16 heavy (non-hydrogen) atoms. The quantitative estimate of drug-likeness (QED) is 0.530. The van der Waals surface area contributed by atoms with E-state index in [1.165, 1.54) is 0 Å². The Labute approximate surface area is 145 Å². The predicted molar refractivity (Wildman–Crippen MR) is 70.0 cm³/mol. The van der Waals surface area contributed by atoms with E-state index in [1.807, 2.05) is 44.2 Å². The molecule has 0 heterocycles. The first-order chi connectivity index (χ1) is 7.22. The van der Waals surface area contributed by atoms with Gasteiger partial charge >= 0.3 is 51.4 Å². The molecule has 0 unspecified atom stereocenters. The van der Waals surface area contributed by atoms with E-state index in [4.69, 9.17) is 5.11 Å². The molecule has 0 radical (unpaired) electrons. The first kappa shape index (κ1) is 25.5. The second-order valence-electron chi connectivity index (χ2n) is 2.06. The van der Waals surface area contributed by atoms with Gasteiger partial charge in [-0.3, -0.25) is 0 Å². The maximum atomic E-state index is 7.46. The Morgan fingerprint density at radius 1 is 1.00 bits per heavy atom. The van der Waals surface area contributed by atoms with E-state index in [9.17, 15) is 0 Å². The fourth-order valence-electron chi connectivity index (χ4n) is 0.478. The van der Waals surface area contributed by atoms with Crippen LogP contribution in [0.3, 0.4) is 0 Å². The normalized spacial score (nSPS) is 6.38. The third-order valence-electron chi connectivity index (χ3n) is 0.843. The van der Waals surface area contributed by atoms with Crippen LogP contribution < -0.4 is 51.4 Å². The Morgan fingerprint density at radius 2 is 1.25 bits per heavy atom. The Hall–Kier alpha value is 0.686. The minimum atomic E-state index is 0. The van der Waals surface area contributed by atoms with E-state index < -0.39 is 0 Å². The van der Waals surface area contributed by atoms with Gasteiger partial charge in [-0.05, 0) is 0 Å². The minimum absolute atomic E-state index is 0. The average molecular weight is 247 g/mol. The van der Waals surface area contributed by atoms with E-state index in [2.05, 4.69) is 27.7 Å². The summed E-state index contributed by atoms with van der Waals surface area (Å²) >= 11 is 0. The summed E-state index contributed by atoms with van der Waals surface area (Å²) in [6, 6.07) is 9.87. The number of aliphatic hydroxyl groups is 1. The molecule has 0 spiro atoms. The molecule has 1 aromatic carbocycles. The number of hydrogen-bond donors (Lipinski definition) is 1. The summed E-state index contributed by atoms with van der Waals surface area (Å²) in [5, 5.41) is 7.46. The van der Waals surface area contributed by atoms with Crippen LogP contribution in [0, 0.1) is 27.7 Å². The Bertz CT molecular complexity index is 162. The van der Waals surface area contributed by atoms with E-state index >= 15 is 0 Å². The molecule has 0 saturated carbocycles. The van der Waals surface area contributed by atoms with Crippen molar-refractivity contribution in [2.45, 2.75) is 20.3 Å². The van der Waals surface area contributed by atoms with Gasteiger partial charge in [0.2, 0.25) is 0 Å². The molecule has 1 N–H and O–H groups in total. The second kappa shape index (κ2) is 29.6. The molecule has 0 atom stereocenters. The standard InChI is InChI=1S/C7H7.C3H6.C2H5O.C2H6.K/c1-7-5-3-2-4-6-7;1-3-2;1-2-3;1-2;/h2-6H,1H2;1-3H2;3H,1-2H2;1-2H3;/q-1;-2;-1;;+1. The Kier molecular flexibility index (Phi) is 47.2. The number of benzene rings is 1. The van der Waals surface area contributed by atoms with Crippen molar-refractivity contribution in [3.63, 3.8) is 0 Å². The number of hydrogen-bond acceptors (Lipinski definition) is 1. The SMILES string of the molecule is CC.[CH2-]CO.[CH2-]C[CH2-].[CH2-]c1ccccc1.[K+]. The van der Waals surface area contributed by atoms with Crippen LogP contribution in [-0.2, 0) is 0 Å². The molecule has 0 aliphatic rings. The van der Waals surface area contributed by atoms with Crippen molar-refractivity contribution in [2.75, 3.05) is 6.61 Å². The fraction of sp³-hybridized carbons (Fsp3) is 0.286. The topological polar surface area (TPSA) is 20.2 Å². The number of aliphatic hydroxyl groups excluding tert-OH is 1. The van der Waals surface area contributed by atoms with Crippen LogP contribution >= 0.6 is 0 Å². The summed E-state index contributed by atoms with van der Waals surface area (Å²) in [7, 11) is 0. The van der Waals surface area contributed by atoms with Crippen LogP contribution in [0.1, 0.15) is 25.8 Å². The van der Waals surface area contributed by atoms with Crippen LogP contribution in [0.25, 0.3) is 0 Å². The molecule has 0 saturated heterocycles. The molecule has 0 aliphatic carbocycles. The molecule has 1 nitrogen and oxygen atoms in total. The molecule has 0 fully saturated rings. The van der Waals surface area contributed by atoms with E-state index in [1.54, 1.807) is 0 Å². The van der Waals surface area contributed by atoms with E-state index in [0.29, 0.717) is 0 Å². The van der Waals surface area contributed by atoms with Crippen LogP contribution in [0.15, 0.2) is 30.3 Å². The van der Waals surface area contributed by atoms with Gasteiger partial charge in [0.25, 0.3) is 0 Å². The molecule has 1 aromatic rings. The van der Waals surface area contributed by atoms with Gasteiger partial charge in [0.1, 0.15) is 0 Å². The summed E-state index contributed by atoms with van der Waals surface area (Å²) < 4.78 is 0. The van der Waals surface area contributed by atoms with Gasteiger partial charge in [-0.2, -0.15) is 24.6 Å². The zero-order valence-electron chi connectivity index (χ0n) is 11.1. The fourth-order valence-corrected chi connectivity index (χ4v) is 0.478. The molecular formula is C14H24KO-3. The van der Waals surface area contributed by atoms with E-state index in [0.717, 1.165) is 12.0 Å². The van der Waals surface area contributed by atoms with Gasteiger partial charge < -0.3 is 32.3 Å². The van der Waals surface area contributed by atoms with Crippen molar-refractivity contribution >= 4 is 0 Å². The Balaban J connectivity index is -0.0000000694. The summed E-state index contributed by atoms with van der Waals surface area (Å²) in [5.74, 6) is 0. The van der Waals surface area contributed by atoms with Crippen molar-refractivity contribution in [2.24, 2.45) is 0 Å².